The molecule has 0 unspecified atom stereocenters. The Balaban J connectivity index is 0.00000196. The van der Waals surface area contributed by atoms with Crippen molar-refractivity contribution in [1.29, 1.82) is 0 Å². The minimum atomic E-state index is -4.85. The number of aliphatic hydroxyl groups is 1. The maximum absolute atomic E-state index is 11.7. The number of amides is 1. The van der Waals surface area contributed by atoms with Gasteiger partial charge in [-0.1, -0.05) is 0 Å². The summed E-state index contributed by atoms with van der Waals surface area (Å²) in [5.41, 5.74) is 0. The van der Waals surface area contributed by atoms with Crippen LogP contribution in [0.15, 0.2) is 0 Å². The van der Waals surface area contributed by atoms with Gasteiger partial charge in [-0.15, -0.1) is 12.4 Å². The highest BCUT2D eigenvalue weighted by molar-refractivity contribution is 5.85. The van der Waals surface area contributed by atoms with Crippen LogP contribution in [0.1, 0.15) is 0 Å². The van der Waals surface area contributed by atoms with Crippen LogP contribution < -0.4 is 10.6 Å². The highest BCUT2D eigenvalue weighted by atomic mass is 35.5. The Bertz CT molecular complexity index is 225. The summed E-state index contributed by atoms with van der Waals surface area (Å²) in [4.78, 5) is 10.4. The van der Waals surface area contributed by atoms with Gasteiger partial charge >= 0.3 is 12.1 Å². The maximum Gasteiger partial charge on any atom is 0.471 e. The van der Waals surface area contributed by atoms with E-state index in [0.717, 1.165) is 0 Å². The standard InChI is InChI=1S/C7H11F3N2O2.ClH/c8-7(9,10)6(14)12-2-4-1-11-3-5(4)13;/h4-5,11,13H,1-3H2,(H,12,14);1H/t4-,5-;/m1./s1. The fraction of sp³-hybridized carbons (Fsp3) is 0.857. The molecule has 0 radical (unpaired) electrons. The van der Waals surface area contributed by atoms with Crippen LogP contribution in [0.25, 0.3) is 0 Å². The molecule has 0 aliphatic carbocycles. The van der Waals surface area contributed by atoms with Crippen LogP contribution in [0.2, 0.25) is 0 Å². The van der Waals surface area contributed by atoms with E-state index in [-0.39, 0.29) is 24.9 Å². The smallest absolute Gasteiger partial charge is 0.391 e. The predicted molar refractivity (Wildman–Crippen MR) is 48.7 cm³/mol. The molecule has 0 saturated carbocycles. The van der Waals surface area contributed by atoms with Crippen molar-refractivity contribution in [3.8, 4) is 0 Å². The van der Waals surface area contributed by atoms with Gasteiger partial charge in [0.1, 0.15) is 0 Å². The molecular weight excluding hydrogens is 237 g/mol. The summed E-state index contributed by atoms with van der Waals surface area (Å²) >= 11 is 0. The number of hydrogen-bond acceptors (Lipinski definition) is 3. The van der Waals surface area contributed by atoms with Gasteiger partial charge in [0.25, 0.3) is 0 Å². The summed E-state index contributed by atoms with van der Waals surface area (Å²) in [6.45, 7) is 0.609. The van der Waals surface area contributed by atoms with Crippen molar-refractivity contribution in [2.75, 3.05) is 19.6 Å². The van der Waals surface area contributed by atoms with E-state index >= 15 is 0 Å². The molecule has 1 heterocycles. The van der Waals surface area contributed by atoms with Gasteiger partial charge in [0.2, 0.25) is 0 Å². The first kappa shape index (κ1) is 14.5. The lowest BCUT2D eigenvalue weighted by molar-refractivity contribution is -0.173. The molecule has 8 heteroatoms. The number of rotatable bonds is 2. The second kappa shape index (κ2) is 5.53. The average Bonchev–Trinajstić information content (AvgIpc) is 2.45. The molecule has 4 nitrogen and oxygen atoms in total. The maximum atomic E-state index is 11.7. The minimum Gasteiger partial charge on any atom is -0.391 e. The van der Waals surface area contributed by atoms with Gasteiger partial charge in [0.05, 0.1) is 6.10 Å². The van der Waals surface area contributed by atoms with Crippen molar-refractivity contribution in [1.82, 2.24) is 10.6 Å². The van der Waals surface area contributed by atoms with E-state index in [1.807, 2.05) is 0 Å². The van der Waals surface area contributed by atoms with Crippen molar-refractivity contribution in [3.63, 3.8) is 0 Å². The Labute approximate surface area is 90.6 Å². The molecule has 2 atom stereocenters. The Morgan fingerprint density at radius 2 is 2.07 bits per heavy atom. The lowest BCUT2D eigenvalue weighted by Gasteiger charge is -2.14. The Hall–Kier alpha value is -0.530. The largest absolute Gasteiger partial charge is 0.471 e. The van der Waals surface area contributed by atoms with E-state index in [4.69, 9.17) is 0 Å². The molecule has 15 heavy (non-hydrogen) atoms. The van der Waals surface area contributed by atoms with E-state index in [2.05, 4.69) is 5.32 Å². The van der Waals surface area contributed by atoms with E-state index in [0.29, 0.717) is 13.1 Å². The number of alkyl halides is 3. The first-order chi connectivity index (χ1) is 6.41. The third-order valence-electron chi connectivity index (χ3n) is 2.09. The molecule has 1 saturated heterocycles. The molecule has 1 aliphatic rings. The summed E-state index contributed by atoms with van der Waals surface area (Å²) in [6, 6.07) is 0. The Kier molecular flexibility index (Phi) is 5.33. The molecule has 1 amide bonds. The molecular formula is C7H12ClF3N2O2. The molecule has 1 aliphatic heterocycles. The zero-order valence-corrected chi connectivity index (χ0v) is 8.49. The number of carbonyl (C=O) groups is 1. The highest BCUT2D eigenvalue weighted by Gasteiger charge is 2.39. The van der Waals surface area contributed by atoms with E-state index in [1.54, 1.807) is 5.32 Å². The van der Waals surface area contributed by atoms with Gasteiger partial charge in [-0.3, -0.25) is 4.79 Å². The number of β-amino-alcohol motifs (C(OH)–C–C–N with tert-alkyl or cyclic N) is 1. The van der Waals surface area contributed by atoms with Crippen molar-refractivity contribution in [2.45, 2.75) is 12.3 Å². The molecule has 0 aromatic heterocycles. The van der Waals surface area contributed by atoms with Gasteiger partial charge in [-0.2, -0.15) is 13.2 Å². The van der Waals surface area contributed by atoms with Crippen LogP contribution in [0, 0.1) is 5.92 Å². The average molecular weight is 249 g/mol. The lowest BCUT2D eigenvalue weighted by Crippen LogP contribution is -2.41. The lowest BCUT2D eigenvalue weighted by atomic mass is 10.1. The monoisotopic (exact) mass is 248 g/mol. The first-order valence-electron chi connectivity index (χ1n) is 4.15. The number of hydrogen-bond donors (Lipinski definition) is 3. The first-order valence-corrected chi connectivity index (χ1v) is 4.15. The van der Waals surface area contributed by atoms with Crippen LogP contribution in [-0.2, 0) is 4.79 Å². The van der Waals surface area contributed by atoms with Gasteiger partial charge in [0, 0.05) is 25.6 Å². The van der Waals surface area contributed by atoms with Crippen LogP contribution in [0.4, 0.5) is 13.2 Å². The molecule has 1 fully saturated rings. The summed E-state index contributed by atoms with van der Waals surface area (Å²) in [5.74, 6) is -2.31. The van der Waals surface area contributed by atoms with Crippen LogP contribution in [0.3, 0.4) is 0 Å². The van der Waals surface area contributed by atoms with Crippen molar-refractivity contribution in [3.05, 3.63) is 0 Å². The Morgan fingerprint density at radius 1 is 1.47 bits per heavy atom. The van der Waals surface area contributed by atoms with Gasteiger partial charge in [-0.25, -0.2) is 0 Å². The van der Waals surface area contributed by atoms with E-state index < -0.39 is 18.2 Å². The molecule has 90 valence electrons. The number of nitrogens with one attached hydrogen (secondary N) is 2. The van der Waals surface area contributed by atoms with E-state index in [9.17, 15) is 23.1 Å². The second-order valence-corrected chi connectivity index (χ2v) is 3.19. The molecule has 0 spiro atoms. The molecule has 1 rings (SSSR count). The third kappa shape index (κ3) is 4.23. The van der Waals surface area contributed by atoms with Crippen molar-refractivity contribution in [2.24, 2.45) is 5.92 Å². The summed E-state index contributed by atoms with van der Waals surface area (Å²) < 4.78 is 35.2. The number of carbonyl (C=O) groups excluding carboxylic acids is 1. The Morgan fingerprint density at radius 3 is 2.47 bits per heavy atom. The van der Waals surface area contributed by atoms with Gasteiger partial charge in [-0.05, 0) is 0 Å². The van der Waals surface area contributed by atoms with Crippen LogP contribution >= 0.6 is 12.4 Å². The molecule has 0 bridgehead atoms. The quantitative estimate of drug-likeness (QED) is 0.627. The molecule has 0 aromatic carbocycles. The third-order valence-corrected chi connectivity index (χ3v) is 2.09. The zero-order valence-electron chi connectivity index (χ0n) is 7.67. The van der Waals surface area contributed by atoms with Crippen LogP contribution in [0.5, 0.6) is 0 Å². The second-order valence-electron chi connectivity index (χ2n) is 3.19. The van der Waals surface area contributed by atoms with Crippen LogP contribution in [-0.4, -0.2) is 42.9 Å². The summed E-state index contributed by atoms with van der Waals surface area (Å²) in [5, 5.41) is 13.7. The van der Waals surface area contributed by atoms with E-state index in [1.165, 1.54) is 0 Å². The zero-order chi connectivity index (χ0) is 10.8. The summed E-state index contributed by atoms with van der Waals surface area (Å²) in [6.07, 6.45) is -5.54. The molecule has 0 aromatic rings. The predicted octanol–water partition coefficient (Wildman–Crippen LogP) is -0.333. The van der Waals surface area contributed by atoms with Gasteiger partial charge in [0.15, 0.2) is 0 Å². The fourth-order valence-corrected chi connectivity index (χ4v) is 1.25. The van der Waals surface area contributed by atoms with Crippen molar-refractivity contribution < 1.29 is 23.1 Å². The van der Waals surface area contributed by atoms with Crippen molar-refractivity contribution >= 4 is 18.3 Å². The number of aliphatic hydroxyl groups excluding tert-OH is 1. The highest BCUT2D eigenvalue weighted by Crippen LogP contribution is 2.15. The number of halogens is 4. The molecule has 3 N–H and O–H groups in total. The minimum absolute atomic E-state index is 0. The summed E-state index contributed by atoms with van der Waals surface area (Å²) in [7, 11) is 0. The fourth-order valence-electron chi connectivity index (χ4n) is 1.25. The normalized spacial score (nSPS) is 25.9. The SMILES string of the molecule is Cl.O=C(NC[C@H]1CNC[C@H]1O)C(F)(F)F. The topological polar surface area (TPSA) is 61.4 Å². The van der Waals surface area contributed by atoms with Gasteiger partial charge < -0.3 is 15.7 Å².